The van der Waals surface area contributed by atoms with Crippen LogP contribution in [-0.4, -0.2) is 33.5 Å². The molecule has 2 aromatic rings. The summed E-state index contributed by atoms with van der Waals surface area (Å²) >= 11 is 0. The summed E-state index contributed by atoms with van der Waals surface area (Å²) in [7, 11) is 0. The Labute approximate surface area is 137 Å². The molecule has 1 fully saturated rings. The van der Waals surface area contributed by atoms with E-state index in [0.717, 1.165) is 25.5 Å². The molecule has 3 rings (SSSR count). The van der Waals surface area contributed by atoms with Crippen molar-refractivity contribution in [1.29, 1.82) is 0 Å². The Morgan fingerprint density at radius 2 is 2.00 bits per heavy atom. The fourth-order valence-electron chi connectivity index (χ4n) is 2.99. The third-order valence-corrected chi connectivity index (χ3v) is 4.37. The number of aliphatic imine (C=N–C) groups is 1. The van der Waals surface area contributed by atoms with Crippen LogP contribution < -0.4 is 5.73 Å². The lowest BCUT2D eigenvalue weighted by Crippen LogP contribution is -2.40. The van der Waals surface area contributed by atoms with Crippen LogP contribution in [0.25, 0.3) is 0 Å². The lowest BCUT2D eigenvalue weighted by molar-refractivity contribution is 0.338. The van der Waals surface area contributed by atoms with E-state index < -0.39 is 0 Å². The lowest BCUT2D eigenvalue weighted by Gasteiger charge is -2.27. The zero-order valence-electron chi connectivity index (χ0n) is 13.8. The fourth-order valence-corrected chi connectivity index (χ4v) is 2.99. The van der Waals surface area contributed by atoms with Gasteiger partial charge in [-0.25, -0.2) is 9.98 Å². The molecule has 5 heteroatoms. The monoisotopic (exact) mass is 311 g/mol. The average Bonchev–Trinajstić information content (AvgIpc) is 2.99. The fraction of sp³-hybridized carbons (Fsp3) is 0.444. The van der Waals surface area contributed by atoms with Gasteiger partial charge in [-0.3, -0.25) is 0 Å². The Hall–Kier alpha value is -2.30. The Bertz CT molecular complexity index is 668. The minimum Gasteiger partial charge on any atom is -0.370 e. The third-order valence-electron chi connectivity index (χ3n) is 4.37. The number of hydrogen-bond donors (Lipinski definition) is 1. The van der Waals surface area contributed by atoms with E-state index in [1.165, 1.54) is 30.4 Å². The maximum atomic E-state index is 6.13. The summed E-state index contributed by atoms with van der Waals surface area (Å²) in [5.41, 5.74) is 8.58. The van der Waals surface area contributed by atoms with Crippen LogP contribution in [0.5, 0.6) is 0 Å². The minimum absolute atomic E-state index is 0.638. The molecule has 0 radical (unpaired) electrons. The highest BCUT2D eigenvalue weighted by molar-refractivity contribution is 5.78. The van der Waals surface area contributed by atoms with Gasteiger partial charge in [0.1, 0.15) is 5.82 Å². The van der Waals surface area contributed by atoms with Crippen molar-refractivity contribution in [1.82, 2.24) is 14.5 Å². The van der Waals surface area contributed by atoms with E-state index in [0.29, 0.717) is 12.5 Å². The summed E-state index contributed by atoms with van der Waals surface area (Å²) in [6.07, 6.45) is 7.59. The topological polar surface area (TPSA) is 59.4 Å². The standard InChI is InChI=1S/C18H25N5/c1-15-20-8-11-23(15)14-17-7-5-6-16(12-17)13-21-18(19)22-9-3-2-4-10-22/h5-8,11-12H,2-4,9-10,13-14H2,1H3,(H2,19,21). The molecule has 0 spiro atoms. The van der Waals surface area contributed by atoms with E-state index in [9.17, 15) is 0 Å². The second-order valence-electron chi connectivity index (χ2n) is 6.14. The number of aromatic nitrogens is 2. The molecule has 1 aliphatic rings. The van der Waals surface area contributed by atoms with Crippen molar-refractivity contribution >= 4 is 5.96 Å². The molecule has 122 valence electrons. The lowest BCUT2D eigenvalue weighted by atomic mass is 10.1. The van der Waals surface area contributed by atoms with Gasteiger partial charge in [0.15, 0.2) is 5.96 Å². The van der Waals surface area contributed by atoms with Gasteiger partial charge in [-0.2, -0.15) is 0 Å². The maximum Gasteiger partial charge on any atom is 0.191 e. The smallest absolute Gasteiger partial charge is 0.191 e. The van der Waals surface area contributed by atoms with Crippen LogP contribution in [0.15, 0.2) is 41.7 Å². The second-order valence-corrected chi connectivity index (χ2v) is 6.14. The van der Waals surface area contributed by atoms with Gasteiger partial charge >= 0.3 is 0 Å². The summed E-state index contributed by atoms with van der Waals surface area (Å²) in [4.78, 5) is 11.0. The number of nitrogens with two attached hydrogens (primary N) is 1. The number of imidazole rings is 1. The first-order chi connectivity index (χ1) is 11.2. The number of aryl methyl sites for hydroxylation is 1. The van der Waals surface area contributed by atoms with E-state index in [1.807, 2.05) is 19.3 Å². The molecule has 1 aromatic carbocycles. The summed E-state index contributed by atoms with van der Waals surface area (Å²) in [6, 6.07) is 8.54. The van der Waals surface area contributed by atoms with Crippen LogP contribution in [0.3, 0.4) is 0 Å². The van der Waals surface area contributed by atoms with Crippen LogP contribution in [0, 0.1) is 6.92 Å². The zero-order chi connectivity index (χ0) is 16.1. The maximum absolute atomic E-state index is 6.13. The predicted octanol–water partition coefficient (Wildman–Crippen LogP) is 2.54. The van der Waals surface area contributed by atoms with Crippen molar-refractivity contribution in [2.45, 2.75) is 39.3 Å². The summed E-state index contributed by atoms with van der Waals surface area (Å²) < 4.78 is 2.14. The third kappa shape index (κ3) is 4.12. The van der Waals surface area contributed by atoms with E-state index in [-0.39, 0.29) is 0 Å². The quantitative estimate of drug-likeness (QED) is 0.697. The molecule has 1 aliphatic heterocycles. The highest BCUT2D eigenvalue weighted by atomic mass is 15.2. The molecule has 0 aliphatic carbocycles. The number of hydrogen-bond acceptors (Lipinski definition) is 2. The number of guanidine groups is 1. The van der Waals surface area contributed by atoms with Crippen LogP contribution in [0.4, 0.5) is 0 Å². The normalized spacial score (nSPS) is 15.9. The zero-order valence-corrected chi connectivity index (χ0v) is 13.8. The highest BCUT2D eigenvalue weighted by Crippen LogP contribution is 2.11. The average molecular weight is 311 g/mol. The Morgan fingerprint density at radius 3 is 2.74 bits per heavy atom. The van der Waals surface area contributed by atoms with Gasteiger partial charge < -0.3 is 15.2 Å². The molecule has 1 aromatic heterocycles. The SMILES string of the molecule is Cc1nccn1Cc1cccc(CN=C(N)N2CCCCC2)c1. The minimum atomic E-state index is 0.638. The molecule has 0 atom stereocenters. The summed E-state index contributed by atoms with van der Waals surface area (Å²) in [5, 5.41) is 0. The number of piperidine rings is 1. The molecule has 5 nitrogen and oxygen atoms in total. The van der Waals surface area contributed by atoms with Gasteiger partial charge in [0.25, 0.3) is 0 Å². The van der Waals surface area contributed by atoms with Gasteiger partial charge in [0.05, 0.1) is 6.54 Å². The van der Waals surface area contributed by atoms with Crippen molar-refractivity contribution < 1.29 is 0 Å². The first-order valence-corrected chi connectivity index (χ1v) is 8.33. The van der Waals surface area contributed by atoms with E-state index in [4.69, 9.17) is 5.73 Å². The van der Waals surface area contributed by atoms with Crippen LogP contribution in [-0.2, 0) is 13.1 Å². The van der Waals surface area contributed by atoms with Crippen molar-refractivity contribution in [3.63, 3.8) is 0 Å². The molecule has 0 bridgehead atoms. The van der Waals surface area contributed by atoms with Gasteiger partial charge in [-0.05, 0) is 37.3 Å². The van der Waals surface area contributed by atoms with E-state index in [2.05, 4.69) is 43.7 Å². The van der Waals surface area contributed by atoms with E-state index >= 15 is 0 Å². The first kappa shape index (κ1) is 15.6. The van der Waals surface area contributed by atoms with Crippen LogP contribution in [0.2, 0.25) is 0 Å². The second kappa shape index (κ2) is 7.31. The number of likely N-dealkylation sites (tertiary alicyclic amines) is 1. The molecule has 0 amide bonds. The van der Waals surface area contributed by atoms with Crippen LogP contribution in [0.1, 0.15) is 36.2 Å². The first-order valence-electron chi connectivity index (χ1n) is 8.33. The molecular weight excluding hydrogens is 286 g/mol. The van der Waals surface area contributed by atoms with Crippen molar-refractivity contribution in [2.24, 2.45) is 10.7 Å². The largest absolute Gasteiger partial charge is 0.370 e. The van der Waals surface area contributed by atoms with E-state index in [1.54, 1.807) is 0 Å². The van der Waals surface area contributed by atoms with Crippen molar-refractivity contribution in [2.75, 3.05) is 13.1 Å². The molecule has 23 heavy (non-hydrogen) atoms. The Morgan fingerprint density at radius 1 is 1.22 bits per heavy atom. The molecule has 1 saturated heterocycles. The summed E-state index contributed by atoms with van der Waals surface area (Å²) in [5.74, 6) is 1.71. The predicted molar refractivity (Wildman–Crippen MR) is 93.3 cm³/mol. The highest BCUT2D eigenvalue weighted by Gasteiger charge is 2.11. The van der Waals surface area contributed by atoms with Gasteiger partial charge in [0, 0.05) is 32.0 Å². The van der Waals surface area contributed by atoms with Crippen molar-refractivity contribution in [3.05, 3.63) is 53.6 Å². The van der Waals surface area contributed by atoms with Crippen LogP contribution >= 0.6 is 0 Å². The summed E-state index contributed by atoms with van der Waals surface area (Å²) in [6.45, 7) is 5.57. The Kier molecular flexibility index (Phi) is 4.95. The molecular formula is C18H25N5. The number of rotatable bonds is 4. The molecule has 0 saturated carbocycles. The number of nitrogens with zero attached hydrogens (tertiary/aromatic N) is 4. The number of benzene rings is 1. The van der Waals surface area contributed by atoms with Gasteiger partial charge in [0.2, 0.25) is 0 Å². The molecule has 0 unspecified atom stereocenters. The molecule has 2 N–H and O–H groups in total. The van der Waals surface area contributed by atoms with Gasteiger partial charge in [-0.15, -0.1) is 0 Å². The molecule has 2 heterocycles. The van der Waals surface area contributed by atoms with Crippen molar-refractivity contribution in [3.8, 4) is 0 Å². The Balaban J connectivity index is 1.64. The van der Waals surface area contributed by atoms with Gasteiger partial charge in [-0.1, -0.05) is 24.3 Å².